The molecule has 1 fully saturated rings. The summed E-state index contributed by atoms with van der Waals surface area (Å²) in [6, 6.07) is 2.25. The molecule has 2 N–H and O–H groups in total. The summed E-state index contributed by atoms with van der Waals surface area (Å²) < 4.78 is 0. The Morgan fingerprint density at radius 1 is 1.37 bits per heavy atom. The second kappa shape index (κ2) is 6.68. The highest BCUT2D eigenvalue weighted by molar-refractivity contribution is 7.07. The minimum atomic E-state index is -0.592. The molecule has 19 heavy (non-hydrogen) atoms. The van der Waals surface area contributed by atoms with Crippen molar-refractivity contribution < 1.29 is 9.59 Å². The Labute approximate surface area is 117 Å². The van der Waals surface area contributed by atoms with E-state index in [1.165, 1.54) is 25.5 Å². The lowest BCUT2D eigenvalue weighted by Gasteiger charge is -2.27. The molecule has 0 saturated carbocycles. The highest BCUT2D eigenvalue weighted by Gasteiger charge is 2.24. The van der Waals surface area contributed by atoms with Crippen molar-refractivity contribution in [3.63, 3.8) is 0 Å². The maximum absolute atomic E-state index is 11.5. The first kappa shape index (κ1) is 14.0. The van der Waals surface area contributed by atoms with Crippen LogP contribution >= 0.6 is 11.3 Å². The predicted molar refractivity (Wildman–Crippen MR) is 74.9 cm³/mol. The third kappa shape index (κ3) is 3.54. The molecule has 1 aliphatic rings. The van der Waals surface area contributed by atoms with Gasteiger partial charge in [-0.05, 0) is 48.3 Å². The van der Waals surface area contributed by atoms with E-state index in [0.29, 0.717) is 6.54 Å². The average Bonchev–Trinajstić information content (AvgIpc) is 3.11. The number of amides is 2. The normalized spacial score (nSPS) is 17.1. The molecule has 0 radical (unpaired) electrons. The van der Waals surface area contributed by atoms with Gasteiger partial charge in [-0.1, -0.05) is 0 Å². The Hall–Kier alpha value is -1.40. The number of thiophene rings is 1. The van der Waals surface area contributed by atoms with E-state index in [-0.39, 0.29) is 6.04 Å². The summed E-state index contributed by atoms with van der Waals surface area (Å²) in [5.74, 6) is -1.16. The molecule has 104 valence electrons. The molecule has 1 atom stereocenters. The highest BCUT2D eigenvalue weighted by Crippen LogP contribution is 2.26. The summed E-state index contributed by atoms with van der Waals surface area (Å²) in [5.41, 5.74) is 1.21. The predicted octanol–water partition coefficient (Wildman–Crippen LogP) is 0.747. The minimum Gasteiger partial charge on any atom is -0.351 e. The number of nitrogens with zero attached hydrogens (tertiary/aromatic N) is 1. The average molecular weight is 281 g/mol. The molecule has 2 rings (SSSR count). The van der Waals surface area contributed by atoms with Crippen LogP contribution in [0.25, 0.3) is 0 Å². The van der Waals surface area contributed by atoms with Crippen molar-refractivity contribution in [2.45, 2.75) is 18.9 Å². The van der Waals surface area contributed by atoms with E-state index in [2.05, 4.69) is 27.0 Å². The van der Waals surface area contributed by atoms with E-state index in [1.54, 1.807) is 11.3 Å². The zero-order valence-corrected chi connectivity index (χ0v) is 11.8. The lowest BCUT2D eigenvalue weighted by Crippen LogP contribution is -2.42. The second-order valence-electron chi connectivity index (χ2n) is 4.60. The second-order valence-corrected chi connectivity index (χ2v) is 5.38. The van der Waals surface area contributed by atoms with Gasteiger partial charge in [-0.15, -0.1) is 0 Å². The molecule has 0 spiro atoms. The van der Waals surface area contributed by atoms with E-state index in [4.69, 9.17) is 0 Å². The van der Waals surface area contributed by atoms with Gasteiger partial charge >= 0.3 is 11.8 Å². The maximum Gasteiger partial charge on any atom is 0.309 e. The van der Waals surface area contributed by atoms with E-state index in [1.807, 2.05) is 5.38 Å². The van der Waals surface area contributed by atoms with Crippen molar-refractivity contribution in [3.8, 4) is 0 Å². The number of likely N-dealkylation sites (N-methyl/N-ethyl adjacent to an activating group) is 1. The summed E-state index contributed by atoms with van der Waals surface area (Å²) in [4.78, 5) is 25.1. The standard InChI is InChI=1S/C13H19N3O2S/c1-14-12(17)13(18)15-8-11(10-4-7-19-9-10)16-5-2-3-6-16/h4,7,9,11H,2-3,5-6,8H2,1H3,(H,14,17)(H,15,18)/t11-/m1/s1. The van der Waals surface area contributed by atoms with Gasteiger partial charge < -0.3 is 10.6 Å². The van der Waals surface area contributed by atoms with Gasteiger partial charge in [0.05, 0.1) is 6.04 Å². The zero-order chi connectivity index (χ0) is 13.7. The fraction of sp³-hybridized carbons (Fsp3) is 0.538. The molecule has 6 heteroatoms. The van der Waals surface area contributed by atoms with Gasteiger partial charge in [0.1, 0.15) is 0 Å². The molecule has 5 nitrogen and oxygen atoms in total. The molecular weight excluding hydrogens is 262 g/mol. The van der Waals surface area contributed by atoms with Crippen molar-refractivity contribution in [2.75, 3.05) is 26.7 Å². The van der Waals surface area contributed by atoms with Gasteiger partial charge in [-0.3, -0.25) is 14.5 Å². The van der Waals surface area contributed by atoms with Crippen molar-refractivity contribution in [2.24, 2.45) is 0 Å². The number of hydrogen-bond acceptors (Lipinski definition) is 4. The van der Waals surface area contributed by atoms with Gasteiger partial charge in [0, 0.05) is 13.6 Å². The van der Waals surface area contributed by atoms with E-state index in [9.17, 15) is 9.59 Å². The van der Waals surface area contributed by atoms with E-state index in [0.717, 1.165) is 13.1 Å². The molecule has 0 aromatic carbocycles. The van der Waals surface area contributed by atoms with Crippen molar-refractivity contribution >= 4 is 23.2 Å². The Kier molecular flexibility index (Phi) is 4.93. The van der Waals surface area contributed by atoms with Crippen LogP contribution in [0.4, 0.5) is 0 Å². The summed E-state index contributed by atoms with van der Waals surface area (Å²) in [6.45, 7) is 2.58. The monoisotopic (exact) mass is 281 g/mol. The van der Waals surface area contributed by atoms with Crippen molar-refractivity contribution in [1.82, 2.24) is 15.5 Å². The molecular formula is C13H19N3O2S. The van der Waals surface area contributed by atoms with Gasteiger partial charge in [-0.2, -0.15) is 11.3 Å². The van der Waals surface area contributed by atoms with Crippen LogP contribution in [-0.4, -0.2) is 43.4 Å². The lowest BCUT2D eigenvalue weighted by molar-refractivity contribution is -0.139. The van der Waals surface area contributed by atoms with E-state index >= 15 is 0 Å². The fourth-order valence-corrected chi connectivity index (χ4v) is 3.07. The third-order valence-electron chi connectivity index (χ3n) is 3.40. The maximum atomic E-state index is 11.5. The molecule has 1 aromatic heterocycles. The van der Waals surface area contributed by atoms with Crippen LogP contribution < -0.4 is 10.6 Å². The van der Waals surface area contributed by atoms with Gasteiger partial charge in [0.15, 0.2) is 0 Å². The quantitative estimate of drug-likeness (QED) is 0.801. The van der Waals surface area contributed by atoms with Crippen LogP contribution in [0.3, 0.4) is 0 Å². The summed E-state index contributed by atoms with van der Waals surface area (Å²) in [6.07, 6.45) is 2.40. The summed E-state index contributed by atoms with van der Waals surface area (Å²) in [7, 11) is 1.46. The molecule has 1 aliphatic heterocycles. The number of hydrogen-bond donors (Lipinski definition) is 2. The highest BCUT2D eigenvalue weighted by atomic mass is 32.1. The van der Waals surface area contributed by atoms with Crippen LogP contribution in [0.1, 0.15) is 24.4 Å². The number of nitrogens with one attached hydrogen (secondary N) is 2. The number of carbonyl (C=O) groups excluding carboxylic acids is 2. The Morgan fingerprint density at radius 3 is 2.68 bits per heavy atom. The fourth-order valence-electron chi connectivity index (χ4n) is 2.36. The smallest absolute Gasteiger partial charge is 0.309 e. The van der Waals surface area contributed by atoms with Crippen LogP contribution in [-0.2, 0) is 9.59 Å². The SMILES string of the molecule is CNC(=O)C(=O)NC[C@H](c1ccsc1)N1CCCC1. The number of carbonyl (C=O) groups is 2. The minimum absolute atomic E-state index is 0.169. The molecule has 2 amide bonds. The zero-order valence-electron chi connectivity index (χ0n) is 11.0. The van der Waals surface area contributed by atoms with Crippen LogP contribution in [0, 0.1) is 0 Å². The Bertz CT molecular complexity index is 427. The lowest BCUT2D eigenvalue weighted by atomic mass is 10.1. The number of rotatable bonds is 4. The third-order valence-corrected chi connectivity index (χ3v) is 4.10. The number of likely N-dealkylation sites (tertiary alicyclic amines) is 1. The summed E-state index contributed by atoms with van der Waals surface area (Å²) >= 11 is 1.65. The molecule has 0 unspecified atom stereocenters. The van der Waals surface area contributed by atoms with Gasteiger partial charge in [0.25, 0.3) is 0 Å². The Morgan fingerprint density at radius 2 is 2.11 bits per heavy atom. The van der Waals surface area contributed by atoms with Gasteiger partial charge in [-0.25, -0.2) is 0 Å². The molecule has 0 bridgehead atoms. The molecule has 1 aromatic rings. The van der Waals surface area contributed by atoms with Crippen molar-refractivity contribution in [1.29, 1.82) is 0 Å². The first-order chi connectivity index (χ1) is 9.22. The van der Waals surface area contributed by atoms with Gasteiger partial charge in [0.2, 0.25) is 0 Å². The topological polar surface area (TPSA) is 61.4 Å². The van der Waals surface area contributed by atoms with Crippen LogP contribution in [0.15, 0.2) is 16.8 Å². The molecule has 1 saturated heterocycles. The molecule has 0 aliphatic carbocycles. The Balaban J connectivity index is 1.98. The molecule has 2 heterocycles. The first-order valence-corrected chi connectivity index (χ1v) is 7.42. The first-order valence-electron chi connectivity index (χ1n) is 6.48. The van der Waals surface area contributed by atoms with Crippen molar-refractivity contribution in [3.05, 3.63) is 22.4 Å². The largest absolute Gasteiger partial charge is 0.351 e. The van der Waals surface area contributed by atoms with Crippen LogP contribution in [0.2, 0.25) is 0 Å². The van der Waals surface area contributed by atoms with E-state index < -0.39 is 11.8 Å². The van der Waals surface area contributed by atoms with Crippen LogP contribution in [0.5, 0.6) is 0 Å². The summed E-state index contributed by atoms with van der Waals surface area (Å²) in [5, 5.41) is 9.19.